The molecule has 0 saturated heterocycles. The number of fused-ring (bicyclic) bond motifs is 1. The van der Waals surface area contributed by atoms with Crippen LogP contribution in [0.25, 0.3) is 17.0 Å². The first-order valence-corrected chi connectivity index (χ1v) is 5.79. The third-order valence-electron chi connectivity index (χ3n) is 2.99. The Balaban J connectivity index is 2.61. The molecule has 0 amide bonds. The molecule has 0 atom stereocenters. The molecule has 1 aromatic heterocycles. The fourth-order valence-corrected chi connectivity index (χ4v) is 1.98. The standard InChI is InChI=1S/C15H16N2/c1-11(2)12(9-16)8-13-10-17(3)15-7-5-4-6-14(13)15/h4-8,10-11H,1-3H3/b12-8+. The Hall–Kier alpha value is -2.01. The molecule has 0 spiro atoms. The maximum atomic E-state index is 9.11. The lowest BCUT2D eigenvalue weighted by molar-refractivity contribution is 0.801. The second-order valence-corrected chi connectivity index (χ2v) is 4.58. The van der Waals surface area contributed by atoms with Crippen LogP contribution in [-0.2, 0) is 7.05 Å². The molecular formula is C15H16N2. The number of allylic oxidation sites excluding steroid dienone is 1. The second-order valence-electron chi connectivity index (χ2n) is 4.58. The number of hydrogen-bond donors (Lipinski definition) is 0. The molecule has 1 aromatic carbocycles. The van der Waals surface area contributed by atoms with Crippen molar-refractivity contribution >= 4 is 17.0 Å². The Kier molecular flexibility index (Phi) is 3.01. The summed E-state index contributed by atoms with van der Waals surface area (Å²) in [6, 6.07) is 10.5. The molecule has 0 unspecified atom stereocenters. The monoisotopic (exact) mass is 224 g/mol. The minimum atomic E-state index is 0.263. The van der Waals surface area contributed by atoms with E-state index in [2.05, 4.69) is 29.0 Å². The van der Waals surface area contributed by atoms with E-state index in [1.807, 2.05) is 39.1 Å². The van der Waals surface area contributed by atoms with Gasteiger partial charge in [-0.2, -0.15) is 5.26 Å². The van der Waals surface area contributed by atoms with Gasteiger partial charge in [-0.15, -0.1) is 0 Å². The van der Waals surface area contributed by atoms with E-state index in [9.17, 15) is 0 Å². The van der Waals surface area contributed by atoms with Gasteiger partial charge < -0.3 is 4.57 Å². The number of hydrogen-bond acceptors (Lipinski definition) is 1. The number of nitriles is 1. The highest BCUT2D eigenvalue weighted by Gasteiger charge is 2.07. The van der Waals surface area contributed by atoms with E-state index in [1.165, 1.54) is 10.9 Å². The van der Waals surface area contributed by atoms with E-state index in [-0.39, 0.29) is 5.92 Å². The number of rotatable bonds is 2. The van der Waals surface area contributed by atoms with Gasteiger partial charge in [0.05, 0.1) is 6.07 Å². The van der Waals surface area contributed by atoms with Gasteiger partial charge in [0.2, 0.25) is 0 Å². The van der Waals surface area contributed by atoms with Gasteiger partial charge in [0.15, 0.2) is 0 Å². The highest BCUT2D eigenvalue weighted by Crippen LogP contribution is 2.24. The summed E-state index contributed by atoms with van der Waals surface area (Å²) in [6.07, 6.45) is 4.07. The fraction of sp³-hybridized carbons (Fsp3) is 0.267. The fourth-order valence-electron chi connectivity index (χ4n) is 1.98. The molecule has 0 bridgehead atoms. The molecule has 1 heterocycles. The van der Waals surface area contributed by atoms with Crippen molar-refractivity contribution in [2.45, 2.75) is 13.8 Å². The Morgan fingerprint density at radius 3 is 2.71 bits per heavy atom. The first-order chi connectivity index (χ1) is 8.13. The summed E-state index contributed by atoms with van der Waals surface area (Å²) in [6.45, 7) is 4.08. The predicted molar refractivity (Wildman–Crippen MR) is 71.3 cm³/mol. The minimum Gasteiger partial charge on any atom is -0.350 e. The normalized spacial score (nSPS) is 12.1. The number of para-hydroxylation sites is 1. The van der Waals surface area contributed by atoms with Crippen molar-refractivity contribution < 1.29 is 0 Å². The maximum absolute atomic E-state index is 9.11. The number of benzene rings is 1. The average Bonchev–Trinajstić information content (AvgIpc) is 2.63. The van der Waals surface area contributed by atoms with Gasteiger partial charge in [0.1, 0.15) is 0 Å². The number of aromatic nitrogens is 1. The van der Waals surface area contributed by atoms with E-state index in [4.69, 9.17) is 5.26 Å². The third kappa shape index (κ3) is 2.09. The smallest absolute Gasteiger partial charge is 0.0950 e. The van der Waals surface area contributed by atoms with E-state index in [0.717, 1.165) is 11.1 Å². The summed E-state index contributed by atoms with van der Waals surface area (Å²) in [5.74, 6) is 0.263. The lowest BCUT2D eigenvalue weighted by atomic mass is 10.0. The Labute approximate surface area is 102 Å². The largest absolute Gasteiger partial charge is 0.350 e. The van der Waals surface area contributed by atoms with Crippen LogP contribution in [0.3, 0.4) is 0 Å². The summed E-state index contributed by atoms with van der Waals surface area (Å²) < 4.78 is 2.09. The van der Waals surface area contributed by atoms with E-state index in [1.54, 1.807) is 0 Å². The summed E-state index contributed by atoms with van der Waals surface area (Å²) in [5.41, 5.74) is 3.13. The first-order valence-electron chi connectivity index (χ1n) is 5.79. The van der Waals surface area contributed by atoms with Gasteiger partial charge in [-0.25, -0.2) is 0 Å². The summed E-state index contributed by atoms with van der Waals surface area (Å²) in [4.78, 5) is 0. The molecule has 0 fully saturated rings. The maximum Gasteiger partial charge on any atom is 0.0950 e. The van der Waals surface area contributed by atoms with Gasteiger partial charge in [-0.3, -0.25) is 0 Å². The molecule has 0 aliphatic rings. The van der Waals surface area contributed by atoms with Crippen molar-refractivity contribution in [1.82, 2.24) is 4.57 Å². The molecule has 0 saturated carbocycles. The molecule has 2 heteroatoms. The molecule has 17 heavy (non-hydrogen) atoms. The van der Waals surface area contributed by atoms with Crippen molar-refractivity contribution in [2.24, 2.45) is 13.0 Å². The van der Waals surface area contributed by atoms with Crippen LogP contribution in [0.2, 0.25) is 0 Å². The quantitative estimate of drug-likeness (QED) is 0.714. The lowest BCUT2D eigenvalue weighted by Gasteiger charge is -2.00. The summed E-state index contributed by atoms with van der Waals surface area (Å²) in [5, 5.41) is 10.3. The van der Waals surface area contributed by atoms with Crippen molar-refractivity contribution in [3.05, 3.63) is 41.6 Å². The molecular weight excluding hydrogens is 208 g/mol. The van der Waals surface area contributed by atoms with Crippen LogP contribution in [0.1, 0.15) is 19.4 Å². The van der Waals surface area contributed by atoms with Gasteiger partial charge in [0, 0.05) is 35.3 Å². The lowest BCUT2D eigenvalue weighted by Crippen LogP contribution is -1.90. The van der Waals surface area contributed by atoms with E-state index >= 15 is 0 Å². The van der Waals surface area contributed by atoms with Gasteiger partial charge >= 0.3 is 0 Å². The van der Waals surface area contributed by atoms with Crippen LogP contribution in [0.15, 0.2) is 36.0 Å². The zero-order valence-corrected chi connectivity index (χ0v) is 10.4. The number of aryl methyl sites for hydroxylation is 1. The molecule has 2 nitrogen and oxygen atoms in total. The van der Waals surface area contributed by atoms with Crippen molar-refractivity contribution in [2.75, 3.05) is 0 Å². The minimum absolute atomic E-state index is 0.263. The molecule has 2 rings (SSSR count). The highest BCUT2D eigenvalue weighted by molar-refractivity contribution is 5.90. The predicted octanol–water partition coefficient (Wildman–Crippen LogP) is 3.74. The van der Waals surface area contributed by atoms with Crippen LogP contribution in [-0.4, -0.2) is 4.57 Å². The van der Waals surface area contributed by atoms with E-state index in [0.29, 0.717) is 0 Å². The van der Waals surface area contributed by atoms with E-state index < -0.39 is 0 Å². The summed E-state index contributed by atoms with van der Waals surface area (Å²) >= 11 is 0. The van der Waals surface area contributed by atoms with Crippen LogP contribution in [0.5, 0.6) is 0 Å². The summed E-state index contributed by atoms with van der Waals surface area (Å²) in [7, 11) is 2.03. The first kappa shape index (κ1) is 11.5. The third-order valence-corrected chi connectivity index (χ3v) is 2.99. The molecule has 0 radical (unpaired) electrons. The molecule has 0 aliphatic carbocycles. The topological polar surface area (TPSA) is 28.7 Å². The van der Waals surface area contributed by atoms with Crippen molar-refractivity contribution in [3.63, 3.8) is 0 Å². The molecule has 0 aliphatic heterocycles. The van der Waals surface area contributed by atoms with Gasteiger partial charge in [-0.05, 0) is 18.1 Å². The molecule has 2 aromatic rings. The van der Waals surface area contributed by atoms with Crippen molar-refractivity contribution in [3.8, 4) is 6.07 Å². The average molecular weight is 224 g/mol. The second kappa shape index (κ2) is 4.47. The Morgan fingerprint density at radius 2 is 2.06 bits per heavy atom. The Morgan fingerprint density at radius 1 is 1.35 bits per heavy atom. The zero-order valence-electron chi connectivity index (χ0n) is 10.4. The molecule has 86 valence electrons. The van der Waals surface area contributed by atoms with Crippen LogP contribution in [0.4, 0.5) is 0 Å². The van der Waals surface area contributed by atoms with Gasteiger partial charge in [-0.1, -0.05) is 32.0 Å². The number of nitrogens with zero attached hydrogens (tertiary/aromatic N) is 2. The Bertz CT molecular complexity index is 609. The zero-order chi connectivity index (χ0) is 12.4. The van der Waals surface area contributed by atoms with Gasteiger partial charge in [0.25, 0.3) is 0 Å². The highest BCUT2D eigenvalue weighted by atomic mass is 14.9. The molecule has 0 N–H and O–H groups in total. The van der Waals surface area contributed by atoms with Crippen LogP contribution < -0.4 is 0 Å². The van der Waals surface area contributed by atoms with Crippen LogP contribution >= 0.6 is 0 Å². The van der Waals surface area contributed by atoms with Crippen LogP contribution in [0, 0.1) is 17.2 Å². The SMILES string of the molecule is CC(C)/C(C#N)=C/c1cn(C)c2ccccc12. The van der Waals surface area contributed by atoms with Crippen molar-refractivity contribution in [1.29, 1.82) is 5.26 Å².